The number of hydrogen-bond acceptors (Lipinski definition) is 8. The Balaban J connectivity index is 1.08. The predicted molar refractivity (Wildman–Crippen MR) is 152 cm³/mol. The first-order valence-corrected chi connectivity index (χ1v) is 13.8. The van der Waals surface area contributed by atoms with Gasteiger partial charge in [-0.15, -0.1) is 0 Å². The van der Waals surface area contributed by atoms with Crippen LogP contribution in [0.1, 0.15) is 19.5 Å². The second kappa shape index (κ2) is 10.9. The molecule has 0 unspecified atom stereocenters. The number of hydrogen-bond donors (Lipinski definition) is 2. The number of anilines is 2. The number of carbonyl (C=O) groups is 1. The van der Waals surface area contributed by atoms with Crippen LogP contribution in [0, 0.1) is 0 Å². The fraction of sp³-hybridized carbons (Fsp3) is 0.321. The summed E-state index contributed by atoms with van der Waals surface area (Å²) in [6, 6.07) is 14.3. The average Bonchev–Trinajstić information content (AvgIpc) is 3.64. The van der Waals surface area contributed by atoms with E-state index in [1.165, 1.54) is 19.9 Å². The highest BCUT2D eigenvalue weighted by molar-refractivity contribution is 7.23. The third kappa shape index (κ3) is 5.79. The fourth-order valence-corrected chi connectivity index (χ4v) is 5.48. The number of morpholine rings is 1. The van der Waals surface area contributed by atoms with Gasteiger partial charge in [-0.05, 0) is 44.2 Å². The molecule has 0 bridgehead atoms. The van der Waals surface area contributed by atoms with Gasteiger partial charge < -0.3 is 19.3 Å². The first-order valence-electron chi connectivity index (χ1n) is 13.0. The number of benzene rings is 2. The van der Waals surface area contributed by atoms with Crippen molar-refractivity contribution in [3.05, 3.63) is 60.4 Å². The maximum Gasteiger partial charge on any atom is 0.326 e. The van der Waals surface area contributed by atoms with E-state index in [9.17, 15) is 9.18 Å². The number of aromatic nitrogens is 3. The molecule has 1 saturated heterocycles. The van der Waals surface area contributed by atoms with E-state index in [4.69, 9.17) is 19.0 Å². The molecule has 2 N–H and O–H groups in total. The summed E-state index contributed by atoms with van der Waals surface area (Å²) in [5.41, 5.74) is 1.85. The molecule has 1 fully saturated rings. The van der Waals surface area contributed by atoms with Crippen molar-refractivity contribution in [1.29, 1.82) is 0 Å². The van der Waals surface area contributed by atoms with Crippen molar-refractivity contribution in [2.75, 3.05) is 50.1 Å². The van der Waals surface area contributed by atoms with Gasteiger partial charge in [0.05, 0.1) is 29.1 Å². The Hall–Kier alpha value is -4.00. The first kappa shape index (κ1) is 26.2. The minimum Gasteiger partial charge on any atom is -0.492 e. The van der Waals surface area contributed by atoms with Gasteiger partial charge in [0.1, 0.15) is 18.1 Å². The fourth-order valence-electron chi connectivity index (χ4n) is 4.44. The summed E-state index contributed by atoms with van der Waals surface area (Å²) in [5.74, 6) is 0.916. The van der Waals surface area contributed by atoms with Crippen LogP contribution < -0.4 is 15.4 Å². The first-order chi connectivity index (χ1) is 19.3. The number of nitrogens with zero attached hydrogens (tertiary/aromatic N) is 4. The van der Waals surface area contributed by atoms with Gasteiger partial charge in [-0.2, -0.15) is 0 Å². The SMILES string of the molecule is CC(C)(F)c1cc(NC(=O)Nc2ccc(-c3cn4c(n3)sc3cc(OCCN5CCOCC5)ccc34)cc2)on1. The molecule has 1 aliphatic heterocycles. The van der Waals surface area contributed by atoms with E-state index >= 15 is 0 Å². The molecule has 208 valence electrons. The van der Waals surface area contributed by atoms with E-state index in [-0.39, 0.29) is 11.6 Å². The van der Waals surface area contributed by atoms with Crippen LogP contribution in [0.5, 0.6) is 5.75 Å². The smallest absolute Gasteiger partial charge is 0.326 e. The van der Waals surface area contributed by atoms with E-state index in [2.05, 4.69) is 37.2 Å². The Bertz CT molecular complexity index is 1630. The van der Waals surface area contributed by atoms with Crippen molar-refractivity contribution in [3.63, 3.8) is 0 Å². The van der Waals surface area contributed by atoms with E-state index in [1.807, 2.05) is 24.4 Å². The summed E-state index contributed by atoms with van der Waals surface area (Å²) in [5, 5.41) is 8.89. The number of alkyl halides is 1. The highest BCUT2D eigenvalue weighted by Gasteiger charge is 2.24. The van der Waals surface area contributed by atoms with Gasteiger partial charge in [0.15, 0.2) is 10.6 Å². The number of fused-ring (bicyclic) bond motifs is 3. The van der Waals surface area contributed by atoms with Gasteiger partial charge >= 0.3 is 6.03 Å². The molecule has 0 saturated carbocycles. The number of nitrogens with one attached hydrogen (secondary N) is 2. The van der Waals surface area contributed by atoms with Crippen molar-refractivity contribution >= 4 is 44.1 Å². The van der Waals surface area contributed by atoms with Gasteiger partial charge in [-0.25, -0.2) is 14.2 Å². The molecule has 2 amide bonds. The number of amides is 2. The van der Waals surface area contributed by atoms with Crippen LogP contribution in [0.3, 0.4) is 0 Å². The number of thiazole rings is 1. The number of carbonyl (C=O) groups excluding carboxylic acids is 1. The molecule has 3 aromatic heterocycles. The largest absolute Gasteiger partial charge is 0.492 e. The Morgan fingerprint density at radius 3 is 2.67 bits per heavy atom. The highest BCUT2D eigenvalue weighted by atomic mass is 32.1. The molecule has 5 aromatic rings. The van der Waals surface area contributed by atoms with Gasteiger partial charge in [0, 0.05) is 43.1 Å². The molecule has 2 aromatic carbocycles. The Labute approximate surface area is 233 Å². The molecule has 0 spiro atoms. The molecule has 40 heavy (non-hydrogen) atoms. The monoisotopic (exact) mass is 564 g/mol. The number of rotatable bonds is 8. The van der Waals surface area contributed by atoms with Crippen molar-refractivity contribution in [2.24, 2.45) is 0 Å². The summed E-state index contributed by atoms with van der Waals surface area (Å²) in [6.45, 7) is 7.73. The highest BCUT2D eigenvalue weighted by Crippen LogP contribution is 2.32. The van der Waals surface area contributed by atoms with Gasteiger partial charge in [0.25, 0.3) is 0 Å². The standard InChI is InChI=1S/C28H29FN6O4S/c1-28(2,29)24-16-25(39-33-24)32-26(36)30-19-5-3-18(4-6-19)21-17-35-22-8-7-20(15-23(22)40-27(35)31-21)38-14-11-34-9-12-37-13-10-34/h3-8,15-17H,9-14H2,1-2H3,(H2,30,32,36). The van der Waals surface area contributed by atoms with Crippen LogP contribution in [0.4, 0.5) is 20.8 Å². The van der Waals surface area contributed by atoms with E-state index in [1.54, 1.807) is 23.5 Å². The zero-order chi connectivity index (χ0) is 27.7. The lowest BCUT2D eigenvalue weighted by Crippen LogP contribution is -2.38. The number of imidazole rings is 1. The number of halogens is 1. The quantitative estimate of drug-likeness (QED) is 0.247. The lowest BCUT2D eigenvalue weighted by Gasteiger charge is -2.26. The molecule has 0 radical (unpaired) electrons. The second-order valence-corrected chi connectivity index (χ2v) is 11.0. The van der Waals surface area contributed by atoms with E-state index < -0.39 is 11.7 Å². The maximum absolute atomic E-state index is 14.0. The third-order valence-corrected chi connectivity index (χ3v) is 7.66. The minimum atomic E-state index is -1.66. The van der Waals surface area contributed by atoms with E-state index in [0.717, 1.165) is 65.0 Å². The molecule has 1 aliphatic rings. The van der Waals surface area contributed by atoms with E-state index in [0.29, 0.717) is 12.3 Å². The second-order valence-electron chi connectivity index (χ2n) is 10.0. The molecule has 0 atom stereocenters. The Kier molecular flexibility index (Phi) is 7.13. The van der Waals surface area contributed by atoms with Gasteiger partial charge in [-0.1, -0.05) is 28.6 Å². The number of ether oxygens (including phenoxy) is 2. The predicted octanol–water partition coefficient (Wildman–Crippen LogP) is 5.76. The molecular formula is C28H29FN6O4S. The Morgan fingerprint density at radius 1 is 1.12 bits per heavy atom. The van der Waals surface area contributed by atoms with Crippen molar-refractivity contribution < 1.29 is 23.2 Å². The summed E-state index contributed by atoms with van der Waals surface area (Å²) in [6.07, 6.45) is 2.01. The summed E-state index contributed by atoms with van der Waals surface area (Å²) in [7, 11) is 0. The van der Waals surface area contributed by atoms with Crippen LogP contribution in [0.2, 0.25) is 0 Å². The van der Waals surface area contributed by atoms with Gasteiger partial charge in [0.2, 0.25) is 5.88 Å². The van der Waals surface area contributed by atoms with Crippen LogP contribution in [0.25, 0.3) is 26.4 Å². The molecule has 6 rings (SSSR count). The lowest BCUT2D eigenvalue weighted by atomic mass is 10.1. The average molecular weight is 565 g/mol. The Morgan fingerprint density at radius 2 is 1.93 bits per heavy atom. The minimum absolute atomic E-state index is 0.0619. The van der Waals surface area contributed by atoms with Crippen LogP contribution in [-0.2, 0) is 10.4 Å². The normalized spacial score (nSPS) is 14.6. The molecule has 12 heteroatoms. The van der Waals surface area contributed by atoms with Crippen LogP contribution in [-0.4, -0.2) is 64.9 Å². The molecular weight excluding hydrogens is 535 g/mol. The molecule has 4 heterocycles. The topological polar surface area (TPSA) is 106 Å². The van der Waals surface area contributed by atoms with Crippen LogP contribution in [0.15, 0.2) is 59.3 Å². The van der Waals surface area contributed by atoms with Gasteiger partial charge in [-0.3, -0.25) is 14.6 Å². The summed E-state index contributed by atoms with van der Waals surface area (Å²) < 4.78 is 33.5. The van der Waals surface area contributed by atoms with Crippen molar-refractivity contribution in [3.8, 4) is 17.0 Å². The molecule has 0 aliphatic carbocycles. The van der Waals surface area contributed by atoms with Crippen molar-refractivity contribution in [2.45, 2.75) is 19.5 Å². The van der Waals surface area contributed by atoms with Crippen LogP contribution >= 0.6 is 11.3 Å². The zero-order valence-corrected chi connectivity index (χ0v) is 23.0. The zero-order valence-electron chi connectivity index (χ0n) is 22.1. The lowest BCUT2D eigenvalue weighted by molar-refractivity contribution is 0.0322. The maximum atomic E-state index is 14.0. The summed E-state index contributed by atoms with van der Waals surface area (Å²) >= 11 is 1.61. The molecule has 10 nitrogen and oxygen atoms in total. The number of urea groups is 1. The van der Waals surface area contributed by atoms with Crippen molar-refractivity contribution in [1.82, 2.24) is 19.4 Å². The summed E-state index contributed by atoms with van der Waals surface area (Å²) in [4.78, 5) is 20.4. The third-order valence-electron chi connectivity index (χ3n) is 6.64.